The summed E-state index contributed by atoms with van der Waals surface area (Å²) in [6.07, 6.45) is 0. The Balaban J connectivity index is 1.83. The second kappa shape index (κ2) is 7.11. The molecule has 1 aliphatic rings. The predicted molar refractivity (Wildman–Crippen MR) is 98.7 cm³/mol. The summed E-state index contributed by atoms with van der Waals surface area (Å²) in [6, 6.07) is 6.43. The zero-order valence-electron chi connectivity index (χ0n) is 14.8. The minimum atomic E-state index is -0.141. The van der Waals surface area contributed by atoms with Gasteiger partial charge in [-0.05, 0) is 51.0 Å². The topological polar surface area (TPSA) is 42.4 Å². The maximum Gasteiger partial charge on any atom is 0.235 e. The molecule has 0 unspecified atom stereocenters. The van der Waals surface area contributed by atoms with Gasteiger partial charge in [-0.3, -0.25) is 4.79 Å². The van der Waals surface area contributed by atoms with Gasteiger partial charge in [-0.1, -0.05) is 23.4 Å². The van der Waals surface area contributed by atoms with Crippen molar-refractivity contribution in [2.75, 3.05) is 26.3 Å². The summed E-state index contributed by atoms with van der Waals surface area (Å²) < 4.78 is 5.32. The Morgan fingerprint density at radius 1 is 1.17 bits per heavy atom. The number of hydrogen-bond donors (Lipinski definition) is 0. The van der Waals surface area contributed by atoms with Gasteiger partial charge in [-0.25, -0.2) is 4.98 Å². The number of ether oxygens (including phenoxy) is 1. The second-order valence-electron chi connectivity index (χ2n) is 6.45. The quantitative estimate of drug-likeness (QED) is 0.799. The Morgan fingerprint density at radius 3 is 2.58 bits per heavy atom. The van der Waals surface area contributed by atoms with E-state index >= 15 is 0 Å². The first-order chi connectivity index (χ1) is 11.5. The number of carbonyl (C=O) groups excluding carboxylic acids is 1. The number of hydrogen-bond acceptors (Lipinski definition) is 4. The summed E-state index contributed by atoms with van der Waals surface area (Å²) in [4.78, 5) is 19.3. The lowest BCUT2D eigenvalue weighted by Gasteiger charge is -2.29. The number of morpholine rings is 1. The summed E-state index contributed by atoms with van der Waals surface area (Å²) >= 11 is 1.54. The Morgan fingerprint density at radius 2 is 1.88 bits per heavy atom. The molecule has 0 saturated carbocycles. The summed E-state index contributed by atoms with van der Waals surface area (Å²) in [5, 5.41) is 1.98. The lowest BCUT2D eigenvalue weighted by molar-refractivity contribution is -0.134. The zero-order valence-corrected chi connectivity index (χ0v) is 15.6. The minimum Gasteiger partial charge on any atom is -0.378 e. The van der Waals surface area contributed by atoms with Crippen LogP contribution < -0.4 is 0 Å². The van der Waals surface area contributed by atoms with Crippen LogP contribution in [0.25, 0.3) is 10.9 Å². The number of aryl methyl sites for hydroxylation is 3. The van der Waals surface area contributed by atoms with Crippen molar-refractivity contribution in [2.45, 2.75) is 38.0 Å². The van der Waals surface area contributed by atoms with E-state index in [4.69, 9.17) is 9.72 Å². The molecule has 3 rings (SSSR count). The van der Waals surface area contributed by atoms with Crippen LogP contribution in [0.15, 0.2) is 23.2 Å². The summed E-state index contributed by atoms with van der Waals surface area (Å²) in [5.74, 6) is 0.170. The molecular weight excluding hydrogens is 320 g/mol. The number of carbonyl (C=O) groups is 1. The predicted octanol–water partition coefficient (Wildman–Crippen LogP) is 3.50. The average molecular weight is 344 g/mol. The van der Waals surface area contributed by atoms with Gasteiger partial charge < -0.3 is 9.64 Å². The monoisotopic (exact) mass is 344 g/mol. The van der Waals surface area contributed by atoms with Crippen molar-refractivity contribution in [3.63, 3.8) is 0 Å². The molecule has 4 nitrogen and oxygen atoms in total. The van der Waals surface area contributed by atoms with Crippen LogP contribution in [0.2, 0.25) is 0 Å². The molecule has 5 heteroatoms. The Labute approximate surface area is 147 Å². The van der Waals surface area contributed by atoms with E-state index in [0.29, 0.717) is 26.3 Å². The standard InChI is InChI=1S/C19H24N2O2S/c1-12-9-14(3)18-16(10-12)13(2)11-17(20-18)24-15(4)19(22)21-5-7-23-8-6-21/h9-11,15H,5-8H2,1-4H3/t15-/m1/s1. The molecule has 0 N–H and O–H groups in total. The van der Waals surface area contributed by atoms with E-state index < -0.39 is 0 Å². The van der Waals surface area contributed by atoms with Crippen molar-refractivity contribution in [3.05, 3.63) is 34.9 Å². The number of rotatable bonds is 3. The maximum atomic E-state index is 12.6. The molecule has 1 aromatic heterocycles. The average Bonchev–Trinajstić information content (AvgIpc) is 2.56. The van der Waals surface area contributed by atoms with E-state index in [2.05, 4.69) is 39.0 Å². The Bertz CT molecular complexity index is 770. The van der Waals surface area contributed by atoms with E-state index in [-0.39, 0.29) is 11.2 Å². The fourth-order valence-electron chi connectivity index (χ4n) is 3.15. The smallest absolute Gasteiger partial charge is 0.235 e. The maximum absolute atomic E-state index is 12.6. The van der Waals surface area contributed by atoms with Gasteiger partial charge in [0.2, 0.25) is 5.91 Å². The van der Waals surface area contributed by atoms with E-state index in [1.807, 2.05) is 11.8 Å². The molecule has 1 atom stereocenters. The molecule has 1 saturated heterocycles. The van der Waals surface area contributed by atoms with Crippen LogP contribution >= 0.6 is 11.8 Å². The molecule has 1 aliphatic heterocycles. The van der Waals surface area contributed by atoms with Crippen molar-refractivity contribution in [3.8, 4) is 0 Å². The largest absolute Gasteiger partial charge is 0.378 e. The van der Waals surface area contributed by atoms with Crippen LogP contribution in [0.5, 0.6) is 0 Å². The normalized spacial score (nSPS) is 16.4. The van der Waals surface area contributed by atoms with E-state index in [0.717, 1.165) is 10.5 Å². The molecule has 0 radical (unpaired) electrons. The molecule has 1 amide bonds. The van der Waals surface area contributed by atoms with Crippen molar-refractivity contribution in [1.29, 1.82) is 0 Å². The van der Waals surface area contributed by atoms with Crippen LogP contribution in [0.1, 0.15) is 23.6 Å². The first-order valence-electron chi connectivity index (χ1n) is 8.37. The minimum absolute atomic E-state index is 0.141. The molecule has 0 spiro atoms. The summed E-state index contributed by atoms with van der Waals surface area (Å²) in [5.41, 5.74) is 4.68. The molecule has 2 aromatic rings. The molecule has 1 aromatic carbocycles. The number of aromatic nitrogens is 1. The fraction of sp³-hybridized carbons (Fsp3) is 0.474. The van der Waals surface area contributed by atoms with Crippen LogP contribution in [0.3, 0.4) is 0 Å². The van der Waals surface area contributed by atoms with E-state index in [9.17, 15) is 4.79 Å². The molecular formula is C19H24N2O2S. The highest BCUT2D eigenvalue weighted by Gasteiger charge is 2.23. The van der Waals surface area contributed by atoms with Gasteiger partial charge in [0.25, 0.3) is 0 Å². The summed E-state index contributed by atoms with van der Waals surface area (Å²) in [6.45, 7) is 10.9. The van der Waals surface area contributed by atoms with Gasteiger partial charge in [-0.2, -0.15) is 0 Å². The van der Waals surface area contributed by atoms with Gasteiger partial charge in [0, 0.05) is 18.5 Å². The van der Waals surface area contributed by atoms with E-state index in [1.165, 1.54) is 22.1 Å². The number of nitrogens with zero attached hydrogens (tertiary/aromatic N) is 2. The first-order valence-corrected chi connectivity index (χ1v) is 9.25. The van der Waals surface area contributed by atoms with Gasteiger partial charge in [-0.15, -0.1) is 0 Å². The third-order valence-corrected chi connectivity index (χ3v) is 5.41. The number of thioether (sulfide) groups is 1. The lowest BCUT2D eigenvalue weighted by Crippen LogP contribution is -2.44. The molecule has 2 heterocycles. The fourth-order valence-corrected chi connectivity index (χ4v) is 4.15. The van der Waals surface area contributed by atoms with Gasteiger partial charge in [0.1, 0.15) is 0 Å². The highest BCUT2D eigenvalue weighted by Crippen LogP contribution is 2.29. The highest BCUT2D eigenvalue weighted by molar-refractivity contribution is 8.00. The molecule has 0 bridgehead atoms. The molecule has 0 aliphatic carbocycles. The van der Waals surface area contributed by atoms with Gasteiger partial charge in [0.05, 0.1) is 29.0 Å². The lowest BCUT2D eigenvalue weighted by atomic mass is 10.0. The van der Waals surface area contributed by atoms with Crippen molar-refractivity contribution < 1.29 is 9.53 Å². The van der Waals surface area contributed by atoms with Gasteiger partial charge >= 0.3 is 0 Å². The molecule has 1 fully saturated rings. The highest BCUT2D eigenvalue weighted by atomic mass is 32.2. The third-order valence-electron chi connectivity index (χ3n) is 4.40. The van der Waals surface area contributed by atoms with Crippen molar-refractivity contribution in [2.24, 2.45) is 0 Å². The van der Waals surface area contributed by atoms with Crippen molar-refractivity contribution in [1.82, 2.24) is 9.88 Å². The zero-order chi connectivity index (χ0) is 17.3. The number of benzene rings is 1. The molecule has 128 valence electrons. The van der Waals surface area contributed by atoms with Crippen LogP contribution in [-0.2, 0) is 9.53 Å². The first kappa shape index (κ1) is 17.2. The van der Waals surface area contributed by atoms with Crippen LogP contribution in [-0.4, -0.2) is 47.3 Å². The third kappa shape index (κ3) is 3.57. The number of amides is 1. The molecule has 24 heavy (non-hydrogen) atoms. The van der Waals surface area contributed by atoms with Crippen molar-refractivity contribution >= 4 is 28.6 Å². The van der Waals surface area contributed by atoms with E-state index in [1.54, 1.807) is 11.8 Å². The number of fused-ring (bicyclic) bond motifs is 1. The Kier molecular flexibility index (Phi) is 5.11. The SMILES string of the molecule is Cc1cc(C)c2nc(S[C@H](C)C(=O)N3CCOCC3)cc(C)c2c1. The van der Waals surface area contributed by atoms with Gasteiger partial charge in [0.15, 0.2) is 0 Å². The second-order valence-corrected chi connectivity index (χ2v) is 7.81. The van der Waals surface area contributed by atoms with Crippen LogP contribution in [0, 0.1) is 20.8 Å². The Hall–Kier alpha value is -1.59. The van der Waals surface area contributed by atoms with Crippen LogP contribution in [0.4, 0.5) is 0 Å². The number of pyridine rings is 1. The summed E-state index contributed by atoms with van der Waals surface area (Å²) in [7, 11) is 0.